The molecule has 0 aliphatic carbocycles. The van der Waals surface area contributed by atoms with Crippen LogP contribution in [-0.2, 0) is 16.0 Å². The van der Waals surface area contributed by atoms with E-state index in [4.69, 9.17) is 9.47 Å². The molecule has 0 bridgehead atoms. The van der Waals surface area contributed by atoms with E-state index in [1.807, 2.05) is 0 Å². The molecule has 0 aromatic heterocycles. The SMILES string of the molecule is CN=C(NCCCOC1CCOC1)NCc1cc(F)ccc1Br. The Morgan fingerprint density at radius 1 is 1.48 bits per heavy atom. The number of hydrogen-bond donors (Lipinski definition) is 2. The molecule has 1 aliphatic rings. The Kier molecular flexibility index (Phi) is 7.78. The predicted molar refractivity (Wildman–Crippen MR) is 92.1 cm³/mol. The first-order chi connectivity index (χ1) is 11.2. The van der Waals surface area contributed by atoms with Gasteiger partial charge in [0.05, 0.1) is 12.7 Å². The Labute approximate surface area is 144 Å². The fraction of sp³-hybridized carbons (Fsp3) is 0.562. The Hall–Kier alpha value is -1.18. The summed E-state index contributed by atoms with van der Waals surface area (Å²) in [4.78, 5) is 4.15. The zero-order valence-electron chi connectivity index (χ0n) is 13.3. The van der Waals surface area contributed by atoms with Crippen LogP contribution in [0.5, 0.6) is 0 Å². The third-order valence-corrected chi connectivity index (χ3v) is 4.31. The summed E-state index contributed by atoms with van der Waals surface area (Å²) < 4.78 is 25.1. The molecule has 5 nitrogen and oxygen atoms in total. The van der Waals surface area contributed by atoms with Crippen LogP contribution in [0.15, 0.2) is 27.7 Å². The van der Waals surface area contributed by atoms with Crippen molar-refractivity contribution in [2.75, 3.05) is 33.4 Å². The molecule has 1 aliphatic heterocycles. The van der Waals surface area contributed by atoms with Crippen molar-refractivity contribution >= 4 is 21.9 Å². The molecule has 1 saturated heterocycles. The van der Waals surface area contributed by atoms with Crippen molar-refractivity contribution < 1.29 is 13.9 Å². The van der Waals surface area contributed by atoms with Gasteiger partial charge in [-0.25, -0.2) is 4.39 Å². The van der Waals surface area contributed by atoms with Gasteiger partial charge in [0, 0.05) is 37.8 Å². The van der Waals surface area contributed by atoms with Crippen molar-refractivity contribution in [3.63, 3.8) is 0 Å². The number of ether oxygens (including phenoxy) is 2. The summed E-state index contributed by atoms with van der Waals surface area (Å²) in [5, 5.41) is 6.38. The molecule has 1 aromatic rings. The van der Waals surface area contributed by atoms with Crippen LogP contribution >= 0.6 is 15.9 Å². The van der Waals surface area contributed by atoms with Crippen molar-refractivity contribution in [2.24, 2.45) is 4.99 Å². The summed E-state index contributed by atoms with van der Waals surface area (Å²) in [6.07, 6.45) is 2.12. The average Bonchev–Trinajstić information content (AvgIpc) is 3.06. The molecular formula is C16H23BrFN3O2. The molecule has 1 aromatic carbocycles. The van der Waals surface area contributed by atoms with Gasteiger partial charge in [-0.05, 0) is 36.6 Å². The van der Waals surface area contributed by atoms with Crippen LogP contribution in [0, 0.1) is 5.82 Å². The lowest BCUT2D eigenvalue weighted by Crippen LogP contribution is -2.37. The van der Waals surface area contributed by atoms with Crippen LogP contribution in [0.4, 0.5) is 4.39 Å². The molecule has 1 unspecified atom stereocenters. The smallest absolute Gasteiger partial charge is 0.191 e. The number of nitrogens with one attached hydrogen (secondary N) is 2. The highest BCUT2D eigenvalue weighted by Crippen LogP contribution is 2.17. The zero-order chi connectivity index (χ0) is 16.5. The molecule has 128 valence electrons. The van der Waals surface area contributed by atoms with Gasteiger partial charge >= 0.3 is 0 Å². The van der Waals surface area contributed by atoms with E-state index in [1.165, 1.54) is 12.1 Å². The monoisotopic (exact) mass is 387 g/mol. The summed E-state index contributed by atoms with van der Waals surface area (Å²) in [5.41, 5.74) is 0.845. The van der Waals surface area contributed by atoms with Crippen molar-refractivity contribution in [2.45, 2.75) is 25.5 Å². The second-order valence-corrected chi connectivity index (χ2v) is 6.15. The molecule has 7 heteroatoms. The third kappa shape index (κ3) is 6.45. The quantitative estimate of drug-likeness (QED) is 0.428. The Morgan fingerprint density at radius 3 is 3.09 bits per heavy atom. The fourth-order valence-electron chi connectivity index (χ4n) is 2.25. The summed E-state index contributed by atoms with van der Waals surface area (Å²) >= 11 is 3.41. The highest BCUT2D eigenvalue weighted by molar-refractivity contribution is 9.10. The number of hydrogen-bond acceptors (Lipinski definition) is 3. The summed E-state index contributed by atoms with van der Waals surface area (Å²) in [5.74, 6) is 0.436. The average molecular weight is 388 g/mol. The van der Waals surface area contributed by atoms with Crippen LogP contribution in [-0.4, -0.2) is 45.5 Å². The highest BCUT2D eigenvalue weighted by atomic mass is 79.9. The maximum atomic E-state index is 13.3. The van der Waals surface area contributed by atoms with Crippen LogP contribution in [0.25, 0.3) is 0 Å². The van der Waals surface area contributed by atoms with E-state index in [0.29, 0.717) is 25.7 Å². The first-order valence-corrected chi connectivity index (χ1v) is 8.56. The molecular weight excluding hydrogens is 365 g/mol. The van der Waals surface area contributed by atoms with Gasteiger partial charge in [0.15, 0.2) is 5.96 Å². The van der Waals surface area contributed by atoms with Gasteiger partial charge in [-0.15, -0.1) is 0 Å². The van der Waals surface area contributed by atoms with E-state index in [2.05, 4.69) is 31.6 Å². The van der Waals surface area contributed by atoms with E-state index in [1.54, 1.807) is 13.1 Å². The van der Waals surface area contributed by atoms with E-state index >= 15 is 0 Å². The maximum Gasteiger partial charge on any atom is 0.191 e. The molecule has 0 spiro atoms. The van der Waals surface area contributed by atoms with Crippen molar-refractivity contribution in [1.29, 1.82) is 0 Å². The van der Waals surface area contributed by atoms with Gasteiger partial charge in [0.1, 0.15) is 5.82 Å². The van der Waals surface area contributed by atoms with Gasteiger partial charge in [-0.2, -0.15) is 0 Å². The van der Waals surface area contributed by atoms with Gasteiger partial charge in [0.2, 0.25) is 0 Å². The minimum Gasteiger partial charge on any atom is -0.379 e. The molecule has 2 N–H and O–H groups in total. The number of benzene rings is 1. The zero-order valence-corrected chi connectivity index (χ0v) is 14.9. The molecule has 1 heterocycles. The minimum atomic E-state index is -0.249. The van der Waals surface area contributed by atoms with Crippen LogP contribution in [0.1, 0.15) is 18.4 Å². The lowest BCUT2D eigenvalue weighted by molar-refractivity contribution is 0.0420. The molecule has 0 amide bonds. The van der Waals surface area contributed by atoms with Gasteiger partial charge in [0.25, 0.3) is 0 Å². The Bertz CT molecular complexity index is 522. The number of guanidine groups is 1. The molecule has 1 atom stereocenters. The number of halogens is 2. The van der Waals surface area contributed by atoms with E-state index in [0.717, 1.165) is 36.0 Å². The number of rotatable bonds is 7. The van der Waals surface area contributed by atoms with Crippen molar-refractivity contribution in [1.82, 2.24) is 10.6 Å². The topological polar surface area (TPSA) is 54.9 Å². The van der Waals surface area contributed by atoms with E-state index in [9.17, 15) is 4.39 Å². The normalized spacial score (nSPS) is 18.2. The maximum absolute atomic E-state index is 13.3. The lowest BCUT2D eigenvalue weighted by atomic mass is 10.2. The predicted octanol–water partition coefficient (Wildman–Crippen LogP) is 2.45. The largest absolute Gasteiger partial charge is 0.379 e. The van der Waals surface area contributed by atoms with Crippen LogP contribution in [0.3, 0.4) is 0 Å². The van der Waals surface area contributed by atoms with Gasteiger partial charge < -0.3 is 20.1 Å². The van der Waals surface area contributed by atoms with E-state index < -0.39 is 0 Å². The molecule has 0 saturated carbocycles. The summed E-state index contributed by atoms with van der Waals surface area (Å²) in [7, 11) is 1.71. The minimum absolute atomic E-state index is 0.248. The molecule has 0 radical (unpaired) electrons. The third-order valence-electron chi connectivity index (χ3n) is 3.53. The number of aliphatic imine (C=N–C) groups is 1. The summed E-state index contributed by atoms with van der Waals surface area (Å²) in [6.45, 7) is 3.47. The van der Waals surface area contributed by atoms with Crippen molar-refractivity contribution in [3.05, 3.63) is 34.1 Å². The van der Waals surface area contributed by atoms with Crippen LogP contribution in [0.2, 0.25) is 0 Å². The Morgan fingerprint density at radius 2 is 2.35 bits per heavy atom. The molecule has 1 fully saturated rings. The van der Waals surface area contributed by atoms with Crippen LogP contribution < -0.4 is 10.6 Å². The summed E-state index contributed by atoms with van der Waals surface area (Å²) in [6, 6.07) is 4.63. The van der Waals surface area contributed by atoms with Gasteiger partial charge in [-0.1, -0.05) is 15.9 Å². The highest BCUT2D eigenvalue weighted by Gasteiger charge is 2.15. The molecule has 2 rings (SSSR count). The van der Waals surface area contributed by atoms with E-state index in [-0.39, 0.29) is 11.9 Å². The molecule has 23 heavy (non-hydrogen) atoms. The van der Waals surface area contributed by atoms with Gasteiger partial charge in [-0.3, -0.25) is 4.99 Å². The van der Waals surface area contributed by atoms with Crippen molar-refractivity contribution in [3.8, 4) is 0 Å². The first kappa shape index (κ1) is 18.2. The number of nitrogens with zero attached hydrogens (tertiary/aromatic N) is 1. The fourth-order valence-corrected chi connectivity index (χ4v) is 2.64. The second-order valence-electron chi connectivity index (χ2n) is 5.30. The Balaban J connectivity index is 1.64. The first-order valence-electron chi connectivity index (χ1n) is 7.77. The second kappa shape index (κ2) is 9.85. The standard InChI is InChI=1S/C16H23BrFN3O2/c1-19-16(20-6-2-7-23-14-5-8-22-11-14)21-10-12-9-13(18)3-4-15(12)17/h3-4,9,14H,2,5-8,10-11H2,1H3,(H2,19,20,21). The lowest BCUT2D eigenvalue weighted by Gasteiger charge is -2.14.